The third kappa shape index (κ3) is 5.80. The van der Waals surface area contributed by atoms with Crippen molar-refractivity contribution in [1.29, 1.82) is 0 Å². The lowest BCUT2D eigenvalue weighted by Crippen LogP contribution is -2.49. The van der Waals surface area contributed by atoms with Gasteiger partial charge >= 0.3 is 5.97 Å². The van der Waals surface area contributed by atoms with Crippen LogP contribution in [-0.4, -0.2) is 48.7 Å². The minimum Gasteiger partial charge on any atom is -0.452 e. The summed E-state index contributed by atoms with van der Waals surface area (Å²) in [5.74, 6) is -0.733. The van der Waals surface area contributed by atoms with Crippen molar-refractivity contribution in [3.05, 3.63) is 40.4 Å². The molecule has 6 heteroatoms. The van der Waals surface area contributed by atoms with Gasteiger partial charge in [0.15, 0.2) is 6.61 Å². The van der Waals surface area contributed by atoms with E-state index in [0.29, 0.717) is 13.1 Å². The molecule has 0 spiro atoms. The highest BCUT2D eigenvalue weighted by molar-refractivity contribution is 9.10. The second kappa shape index (κ2) is 8.26. The van der Waals surface area contributed by atoms with E-state index in [1.807, 2.05) is 38.1 Å². The van der Waals surface area contributed by atoms with Gasteiger partial charge in [0, 0.05) is 23.6 Å². The summed E-state index contributed by atoms with van der Waals surface area (Å²) in [5, 5.41) is 0. The summed E-state index contributed by atoms with van der Waals surface area (Å²) in [4.78, 5) is 25.4. The summed E-state index contributed by atoms with van der Waals surface area (Å²) in [6.45, 7) is 4.63. The van der Waals surface area contributed by atoms with Crippen molar-refractivity contribution in [2.45, 2.75) is 26.1 Å². The Morgan fingerprint density at radius 2 is 2.04 bits per heavy atom. The third-order valence-corrected chi connectivity index (χ3v) is 3.86. The second-order valence-electron chi connectivity index (χ2n) is 5.55. The SMILES string of the molecule is C[C@@H]1CN(C(=O)COC(=O)/C=C/c2cccc(Br)c2)C[C@@H](C)O1. The Labute approximate surface area is 144 Å². The molecule has 124 valence electrons. The van der Waals surface area contributed by atoms with Crippen LogP contribution in [0.15, 0.2) is 34.8 Å². The van der Waals surface area contributed by atoms with Gasteiger partial charge in [-0.05, 0) is 37.6 Å². The first-order chi connectivity index (χ1) is 10.9. The van der Waals surface area contributed by atoms with Gasteiger partial charge in [-0.15, -0.1) is 0 Å². The van der Waals surface area contributed by atoms with Crippen molar-refractivity contribution in [1.82, 2.24) is 4.90 Å². The molecule has 0 saturated carbocycles. The predicted octanol–water partition coefficient (Wildman–Crippen LogP) is 2.64. The Morgan fingerprint density at radius 3 is 2.70 bits per heavy atom. The molecule has 1 fully saturated rings. The molecule has 1 aliphatic heterocycles. The van der Waals surface area contributed by atoms with Gasteiger partial charge in [0.2, 0.25) is 0 Å². The first-order valence-corrected chi connectivity index (χ1v) is 8.27. The van der Waals surface area contributed by atoms with E-state index in [-0.39, 0.29) is 24.7 Å². The molecule has 2 rings (SSSR count). The number of esters is 1. The van der Waals surface area contributed by atoms with E-state index in [1.165, 1.54) is 6.08 Å². The Morgan fingerprint density at radius 1 is 1.35 bits per heavy atom. The molecule has 0 N–H and O–H groups in total. The number of hydrogen-bond donors (Lipinski definition) is 0. The number of benzene rings is 1. The van der Waals surface area contributed by atoms with Crippen molar-refractivity contribution in [2.24, 2.45) is 0 Å². The van der Waals surface area contributed by atoms with E-state index in [9.17, 15) is 9.59 Å². The van der Waals surface area contributed by atoms with Gasteiger partial charge in [0.25, 0.3) is 5.91 Å². The molecular weight excluding hydrogens is 362 g/mol. The topological polar surface area (TPSA) is 55.8 Å². The molecule has 1 aliphatic rings. The first-order valence-electron chi connectivity index (χ1n) is 7.47. The monoisotopic (exact) mass is 381 g/mol. The highest BCUT2D eigenvalue weighted by Crippen LogP contribution is 2.13. The van der Waals surface area contributed by atoms with E-state index in [1.54, 1.807) is 11.0 Å². The Kier molecular flexibility index (Phi) is 6.36. The third-order valence-electron chi connectivity index (χ3n) is 3.37. The highest BCUT2D eigenvalue weighted by Gasteiger charge is 2.26. The maximum Gasteiger partial charge on any atom is 0.331 e. The minimum atomic E-state index is -0.535. The maximum absolute atomic E-state index is 12.1. The zero-order valence-electron chi connectivity index (χ0n) is 13.2. The summed E-state index contributed by atoms with van der Waals surface area (Å²) in [5.41, 5.74) is 0.874. The molecule has 1 heterocycles. The van der Waals surface area contributed by atoms with Crippen LogP contribution >= 0.6 is 15.9 Å². The van der Waals surface area contributed by atoms with Gasteiger partial charge in [-0.3, -0.25) is 4.79 Å². The van der Waals surface area contributed by atoms with Crippen LogP contribution < -0.4 is 0 Å². The number of ether oxygens (including phenoxy) is 2. The van der Waals surface area contributed by atoms with E-state index < -0.39 is 5.97 Å². The summed E-state index contributed by atoms with van der Waals surface area (Å²) in [6, 6.07) is 7.53. The number of rotatable bonds is 4. The molecule has 0 unspecified atom stereocenters. The van der Waals surface area contributed by atoms with E-state index in [4.69, 9.17) is 9.47 Å². The van der Waals surface area contributed by atoms with Crippen molar-refractivity contribution in [3.8, 4) is 0 Å². The number of carbonyl (C=O) groups excluding carboxylic acids is 2. The molecule has 1 saturated heterocycles. The van der Waals surface area contributed by atoms with Crippen molar-refractivity contribution in [3.63, 3.8) is 0 Å². The van der Waals surface area contributed by atoms with Gasteiger partial charge in [-0.25, -0.2) is 4.79 Å². The number of amides is 1. The zero-order valence-corrected chi connectivity index (χ0v) is 14.8. The average Bonchev–Trinajstić information content (AvgIpc) is 2.49. The molecule has 23 heavy (non-hydrogen) atoms. The fourth-order valence-electron chi connectivity index (χ4n) is 2.43. The number of nitrogens with zero attached hydrogens (tertiary/aromatic N) is 1. The second-order valence-corrected chi connectivity index (χ2v) is 6.47. The van der Waals surface area contributed by atoms with Crippen molar-refractivity contribution >= 4 is 33.9 Å². The maximum atomic E-state index is 12.1. The van der Waals surface area contributed by atoms with Crippen LogP contribution in [0.1, 0.15) is 19.4 Å². The summed E-state index contributed by atoms with van der Waals surface area (Å²) in [7, 11) is 0. The highest BCUT2D eigenvalue weighted by atomic mass is 79.9. The number of halogens is 1. The summed E-state index contributed by atoms with van der Waals surface area (Å²) >= 11 is 3.36. The summed E-state index contributed by atoms with van der Waals surface area (Å²) < 4.78 is 11.5. The number of carbonyl (C=O) groups is 2. The summed E-state index contributed by atoms with van der Waals surface area (Å²) in [6.07, 6.45) is 2.96. The largest absolute Gasteiger partial charge is 0.452 e. The molecule has 2 atom stereocenters. The molecule has 1 amide bonds. The molecule has 5 nitrogen and oxygen atoms in total. The first kappa shape index (κ1) is 17.7. The zero-order chi connectivity index (χ0) is 16.8. The minimum absolute atomic E-state index is 0.00479. The molecule has 0 aliphatic carbocycles. The van der Waals surface area contributed by atoms with Crippen LogP contribution in [0.2, 0.25) is 0 Å². The molecule has 0 aromatic heterocycles. The molecule has 1 aromatic carbocycles. The van der Waals surface area contributed by atoms with Gasteiger partial charge in [-0.2, -0.15) is 0 Å². The molecule has 1 aromatic rings. The van der Waals surface area contributed by atoms with Crippen LogP contribution in [0.3, 0.4) is 0 Å². The van der Waals surface area contributed by atoms with Crippen LogP contribution in [0, 0.1) is 0 Å². The van der Waals surface area contributed by atoms with Crippen LogP contribution in [-0.2, 0) is 19.1 Å². The molecular formula is C17H20BrNO4. The normalized spacial score (nSPS) is 21.4. The van der Waals surface area contributed by atoms with Crippen LogP contribution in [0.4, 0.5) is 0 Å². The van der Waals surface area contributed by atoms with E-state index in [2.05, 4.69) is 15.9 Å². The smallest absolute Gasteiger partial charge is 0.331 e. The lowest BCUT2D eigenvalue weighted by Gasteiger charge is -2.35. The van der Waals surface area contributed by atoms with E-state index >= 15 is 0 Å². The molecule has 0 radical (unpaired) electrons. The van der Waals surface area contributed by atoms with Crippen LogP contribution in [0.25, 0.3) is 6.08 Å². The van der Waals surface area contributed by atoms with Crippen LogP contribution in [0.5, 0.6) is 0 Å². The van der Waals surface area contributed by atoms with Crippen molar-refractivity contribution < 1.29 is 19.1 Å². The van der Waals surface area contributed by atoms with Gasteiger partial charge in [0.1, 0.15) is 0 Å². The number of morpholine rings is 1. The average molecular weight is 382 g/mol. The van der Waals surface area contributed by atoms with Gasteiger partial charge in [0.05, 0.1) is 12.2 Å². The number of hydrogen-bond acceptors (Lipinski definition) is 4. The Bertz CT molecular complexity index is 592. The van der Waals surface area contributed by atoms with Crippen molar-refractivity contribution in [2.75, 3.05) is 19.7 Å². The van der Waals surface area contributed by atoms with E-state index in [0.717, 1.165) is 10.0 Å². The Balaban J connectivity index is 1.80. The lowest BCUT2D eigenvalue weighted by molar-refractivity contribution is -0.154. The fourth-order valence-corrected chi connectivity index (χ4v) is 2.85. The molecule has 0 bridgehead atoms. The predicted molar refractivity (Wildman–Crippen MR) is 90.7 cm³/mol. The van der Waals surface area contributed by atoms with Gasteiger partial charge < -0.3 is 14.4 Å². The quantitative estimate of drug-likeness (QED) is 0.594. The van der Waals surface area contributed by atoms with Gasteiger partial charge in [-0.1, -0.05) is 28.1 Å². The fraction of sp³-hybridized carbons (Fsp3) is 0.412. The standard InChI is InChI=1S/C17H20BrNO4/c1-12-9-19(10-13(2)23-12)16(20)11-22-17(21)7-6-14-4-3-5-15(18)8-14/h3-8,12-13H,9-11H2,1-2H3/b7-6+/t12-,13-/m1/s1. The lowest BCUT2D eigenvalue weighted by atomic mass is 10.2. The Hall–Kier alpha value is -1.66.